The molecule has 2 N–H and O–H groups in total. The van der Waals surface area contributed by atoms with E-state index in [1.54, 1.807) is 18.2 Å². The first-order valence-corrected chi connectivity index (χ1v) is 4.57. The van der Waals surface area contributed by atoms with Crippen LogP contribution in [0.1, 0.15) is 12.5 Å². The molecule has 0 saturated heterocycles. The third-order valence-corrected chi connectivity index (χ3v) is 1.73. The number of ether oxygens (including phenoxy) is 1. The fraction of sp³-hybridized carbons (Fsp3) is 0.273. The summed E-state index contributed by atoms with van der Waals surface area (Å²) in [5.41, 5.74) is 5.81. The number of nitrogens with two attached hydrogens (primary N) is 1. The highest BCUT2D eigenvalue weighted by Gasteiger charge is 2.01. The molecule has 0 fully saturated rings. The fourth-order valence-electron chi connectivity index (χ4n) is 1.19. The lowest BCUT2D eigenvalue weighted by molar-refractivity contribution is -0.120. The van der Waals surface area contributed by atoms with Crippen molar-refractivity contribution in [2.45, 2.75) is 13.3 Å². The first kappa shape index (κ1) is 11.2. The summed E-state index contributed by atoms with van der Waals surface area (Å²) in [4.78, 5) is 21.4. The van der Waals surface area contributed by atoms with Gasteiger partial charge in [0, 0.05) is 6.42 Å². The first-order chi connectivity index (χ1) is 7.08. The van der Waals surface area contributed by atoms with E-state index in [1.165, 1.54) is 6.92 Å². The molecular weight excluding hydrogens is 194 g/mol. The van der Waals surface area contributed by atoms with E-state index in [-0.39, 0.29) is 12.4 Å². The highest BCUT2D eigenvalue weighted by molar-refractivity contribution is 5.78. The number of rotatable bonds is 5. The van der Waals surface area contributed by atoms with E-state index in [2.05, 4.69) is 0 Å². The van der Waals surface area contributed by atoms with E-state index in [0.29, 0.717) is 12.2 Å². The Morgan fingerprint density at radius 1 is 1.40 bits per heavy atom. The van der Waals surface area contributed by atoms with Crippen molar-refractivity contribution in [3.8, 4) is 5.75 Å². The quantitative estimate of drug-likeness (QED) is 0.772. The van der Waals surface area contributed by atoms with Crippen LogP contribution in [-0.2, 0) is 16.0 Å². The smallest absolute Gasteiger partial charge is 0.255 e. The molecule has 1 amide bonds. The molecule has 0 radical (unpaired) electrons. The summed E-state index contributed by atoms with van der Waals surface area (Å²) in [6.07, 6.45) is 0.369. The molecule has 15 heavy (non-hydrogen) atoms. The highest BCUT2D eigenvalue weighted by atomic mass is 16.5. The number of hydrogen-bond donors (Lipinski definition) is 1. The maximum absolute atomic E-state index is 10.9. The van der Waals surface area contributed by atoms with Crippen LogP contribution in [0.4, 0.5) is 0 Å². The number of amides is 1. The van der Waals surface area contributed by atoms with E-state index in [4.69, 9.17) is 10.5 Å². The lowest BCUT2D eigenvalue weighted by Gasteiger charge is -2.05. The van der Waals surface area contributed by atoms with Crippen LogP contribution in [-0.4, -0.2) is 18.3 Å². The van der Waals surface area contributed by atoms with Gasteiger partial charge < -0.3 is 10.5 Å². The zero-order chi connectivity index (χ0) is 11.3. The molecule has 0 unspecified atom stereocenters. The van der Waals surface area contributed by atoms with Crippen molar-refractivity contribution in [2.75, 3.05) is 6.61 Å². The van der Waals surface area contributed by atoms with E-state index in [0.717, 1.165) is 5.56 Å². The molecule has 0 bridgehead atoms. The Morgan fingerprint density at radius 3 is 2.73 bits per heavy atom. The number of Topliss-reactive ketones (excluding diaryl/α,β-unsaturated/α-hetero) is 1. The molecule has 4 nitrogen and oxygen atoms in total. The van der Waals surface area contributed by atoms with E-state index in [1.807, 2.05) is 6.07 Å². The molecular formula is C11H13NO3. The summed E-state index contributed by atoms with van der Waals surface area (Å²) in [5, 5.41) is 0. The average molecular weight is 207 g/mol. The third-order valence-electron chi connectivity index (χ3n) is 1.73. The van der Waals surface area contributed by atoms with Crippen molar-refractivity contribution in [1.82, 2.24) is 0 Å². The molecule has 0 saturated carbocycles. The van der Waals surface area contributed by atoms with Crippen molar-refractivity contribution in [3.05, 3.63) is 29.8 Å². The summed E-state index contributed by atoms with van der Waals surface area (Å²) in [7, 11) is 0. The van der Waals surface area contributed by atoms with Gasteiger partial charge in [0.2, 0.25) is 0 Å². The molecule has 4 heteroatoms. The second-order valence-electron chi connectivity index (χ2n) is 3.28. The van der Waals surface area contributed by atoms with Gasteiger partial charge in [-0.25, -0.2) is 0 Å². The van der Waals surface area contributed by atoms with Crippen molar-refractivity contribution < 1.29 is 14.3 Å². The number of benzene rings is 1. The van der Waals surface area contributed by atoms with Gasteiger partial charge in [0.15, 0.2) is 6.61 Å². The van der Waals surface area contributed by atoms with Gasteiger partial charge >= 0.3 is 0 Å². The van der Waals surface area contributed by atoms with Gasteiger partial charge in [-0.1, -0.05) is 12.1 Å². The lowest BCUT2D eigenvalue weighted by atomic mass is 10.1. The Kier molecular flexibility index (Phi) is 3.85. The summed E-state index contributed by atoms with van der Waals surface area (Å²) in [6.45, 7) is 1.38. The van der Waals surface area contributed by atoms with Gasteiger partial charge in [-0.05, 0) is 24.6 Å². The molecule has 1 rings (SSSR count). The summed E-state index contributed by atoms with van der Waals surface area (Å²) in [6, 6.07) is 7.05. The molecule has 0 spiro atoms. The molecule has 0 heterocycles. The number of carbonyl (C=O) groups excluding carboxylic acids is 2. The number of ketones is 1. The third kappa shape index (κ3) is 4.26. The van der Waals surface area contributed by atoms with Crippen LogP contribution in [0.15, 0.2) is 24.3 Å². The molecule has 0 aliphatic heterocycles. The van der Waals surface area contributed by atoms with Gasteiger partial charge in [0.05, 0.1) is 0 Å². The Hall–Kier alpha value is -1.84. The first-order valence-electron chi connectivity index (χ1n) is 4.57. The second kappa shape index (κ2) is 5.14. The molecule has 0 aromatic heterocycles. The monoisotopic (exact) mass is 207 g/mol. The molecule has 0 aliphatic carbocycles. The summed E-state index contributed by atoms with van der Waals surface area (Å²) in [5.74, 6) is 0.113. The fourth-order valence-corrected chi connectivity index (χ4v) is 1.19. The molecule has 1 aromatic rings. The lowest BCUT2D eigenvalue weighted by Crippen LogP contribution is -2.20. The van der Waals surface area contributed by atoms with Crippen LogP contribution in [0.2, 0.25) is 0 Å². The maximum Gasteiger partial charge on any atom is 0.255 e. The van der Waals surface area contributed by atoms with Crippen LogP contribution >= 0.6 is 0 Å². The minimum atomic E-state index is -0.521. The van der Waals surface area contributed by atoms with Crippen molar-refractivity contribution >= 4 is 11.7 Å². The highest BCUT2D eigenvalue weighted by Crippen LogP contribution is 2.13. The number of carbonyl (C=O) groups is 2. The van der Waals surface area contributed by atoms with E-state index < -0.39 is 5.91 Å². The second-order valence-corrected chi connectivity index (χ2v) is 3.28. The average Bonchev–Trinajstić information content (AvgIpc) is 2.14. The maximum atomic E-state index is 10.9. The van der Waals surface area contributed by atoms with Crippen molar-refractivity contribution in [2.24, 2.45) is 5.73 Å². The van der Waals surface area contributed by atoms with Crippen LogP contribution in [0.5, 0.6) is 5.75 Å². The predicted molar refractivity (Wildman–Crippen MR) is 55.5 cm³/mol. The molecule has 1 aromatic carbocycles. The predicted octanol–water partition coefficient (Wildman–Crippen LogP) is 0.682. The minimum absolute atomic E-state index is 0.0852. The molecule has 0 atom stereocenters. The Bertz CT molecular complexity index is 374. The minimum Gasteiger partial charge on any atom is -0.484 e. The Balaban J connectivity index is 2.65. The van der Waals surface area contributed by atoms with Crippen LogP contribution in [0.3, 0.4) is 0 Å². The van der Waals surface area contributed by atoms with Crippen molar-refractivity contribution in [3.63, 3.8) is 0 Å². The van der Waals surface area contributed by atoms with Crippen molar-refractivity contribution in [1.29, 1.82) is 0 Å². The van der Waals surface area contributed by atoms with Gasteiger partial charge in [-0.2, -0.15) is 0 Å². The summed E-state index contributed by atoms with van der Waals surface area (Å²) < 4.78 is 5.10. The molecule has 80 valence electrons. The number of primary amides is 1. The normalized spacial score (nSPS) is 9.67. The Labute approximate surface area is 88.0 Å². The topological polar surface area (TPSA) is 69.4 Å². The van der Waals surface area contributed by atoms with Gasteiger partial charge in [0.1, 0.15) is 11.5 Å². The van der Waals surface area contributed by atoms with Gasteiger partial charge in [0.25, 0.3) is 5.91 Å². The largest absolute Gasteiger partial charge is 0.484 e. The Morgan fingerprint density at radius 2 is 2.13 bits per heavy atom. The zero-order valence-electron chi connectivity index (χ0n) is 8.53. The summed E-state index contributed by atoms with van der Waals surface area (Å²) >= 11 is 0. The van der Waals surface area contributed by atoms with E-state index in [9.17, 15) is 9.59 Å². The van der Waals surface area contributed by atoms with Crippen LogP contribution < -0.4 is 10.5 Å². The van der Waals surface area contributed by atoms with Gasteiger partial charge in [-0.3, -0.25) is 9.59 Å². The SMILES string of the molecule is CC(=O)Cc1cccc(OCC(N)=O)c1. The molecule has 0 aliphatic rings. The zero-order valence-corrected chi connectivity index (χ0v) is 8.53. The van der Waals surface area contributed by atoms with Crippen LogP contribution in [0.25, 0.3) is 0 Å². The van der Waals surface area contributed by atoms with Crippen LogP contribution in [0, 0.1) is 0 Å². The van der Waals surface area contributed by atoms with E-state index >= 15 is 0 Å². The standard InChI is InChI=1S/C11H13NO3/c1-8(13)5-9-3-2-4-10(6-9)15-7-11(12)14/h2-4,6H,5,7H2,1H3,(H2,12,14). The number of hydrogen-bond acceptors (Lipinski definition) is 3. The van der Waals surface area contributed by atoms with Gasteiger partial charge in [-0.15, -0.1) is 0 Å².